The lowest BCUT2D eigenvalue weighted by atomic mass is 9.78. The Hall–Kier alpha value is 0.440. The highest BCUT2D eigenvalue weighted by molar-refractivity contribution is 9.09. The Morgan fingerprint density at radius 1 is 1.60 bits per heavy atom. The molecule has 0 aromatic rings. The number of hydrogen-bond donors (Lipinski definition) is 0. The molecule has 60 valence electrons. The van der Waals surface area contributed by atoms with Gasteiger partial charge in [-0.25, -0.2) is 0 Å². The van der Waals surface area contributed by atoms with Crippen LogP contribution in [0.4, 0.5) is 0 Å². The number of rotatable bonds is 1. The molecular weight excluding hydrogens is 192 g/mol. The summed E-state index contributed by atoms with van der Waals surface area (Å²) < 4.78 is 5.40. The van der Waals surface area contributed by atoms with Crippen molar-refractivity contribution in [2.45, 2.75) is 20.3 Å². The summed E-state index contributed by atoms with van der Waals surface area (Å²) in [6.45, 7) is 6.42. The molecule has 1 nitrogen and oxygen atoms in total. The third-order valence-corrected chi connectivity index (χ3v) is 3.16. The van der Waals surface area contributed by atoms with E-state index in [2.05, 4.69) is 29.8 Å². The number of halogens is 1. The van der Waals surface area contributed by atoms with Gasteiger partial charge in [0.1, 0.15) is 0 Å². The van der Waals surface area contributed by atoms with Crippen LogP contribution in [0.1, 0.15) is 20.3 Å². The Labute approximate surface area is 71.3 Å². The SMILES string of the molecule is CC1(C)COCCC1CBr. The lowest BCUT2D eigenvalue weighted by molar-refractivity contribution is -0.0226. The van der Waals surface area contributed by atoms with Crippen molar-refractivity contribution in [3.8, 4) is 0 Å². The van der Waals surface area contributed by atoms with Gasteiger partial charge >= 0.3 is 0 Å². The topological polar surface area (TPSA) is 9.23 Å². The Morgan fingerprint density at radius 2 is 2.30 bits per heavy atom. The highest BCUT2D eigenvalue weighted by Crippen LogP contribution is 2.34. The molecule has 1 unspecified atom stereocenters. The van der Waals surface area contributed by atoms with Crippen LogP contribution in [0.3, 0.4) is 0 Å². The second kappa shape index (κ2) is 3.22. The lowest BCUT2D eigenvalue weighted by Gasteiger charge is -2.37. The fourth-order valence-electron chi connectivity index (χ4n) is 1.36. The third-order valence-electron chi connectivity index (χ3n) is 2.38. The highest BCUT2D eigenvalue weighted by atomic mass is 79.9. The summed E-state index contributed by atoms with van der Waals surface area (Å²) in [7, 11) is 0. The predicted molar refractivity (Wildman–Crippen MR) is 46.5 cm³/mol. The molecule has 0 aromatic carbocycles. The fraction of sp³-hybridized carbons (Fsp3) is 1.00. The molecule has 10 heavy (non-hydrogen) atoms. The van der Waals surface area contributed by atoms with Gasteiger partial charge in [-0.15, -0.1) is 0 Å². The van der Waals surface area contributed by atoms with Gasteiger partial charge in [0, 0.05) is 11.9 Å². The number of ether oxygens (including phenoxy) is 1. The van der Waals surface area contributed by atoms with Crippen molar-refractivity contribution in [3.05, 3.63) is 0 Å². The summed E-state index contributed by atoms with van der Waals surface area (Å²) in [4.78, 5) is 0. The van der Waals surface area contributed by atoms with Crippen molar-refractivity contribution < 1.29 is 4.74 Å². The smallest absolute Gasteiger partial charge is 0.0520 e. The van der Waals surface area contributed by atoms with E-state index in [1.165, 1.54) is 6.42 Å². The van der Waals surface area contributed by atoms with E-state index in [9.17, 15) is 0 Å². The molecule has 1 rings (SSSR count). The molecule has 0 aromatic heterocycles. The second-order valence-corrected chi connectivity index (χ2v) is 4.33. The Balaban J connectivity index is 2.51. The van der Waals surface area contributed by atoms with E-state index in [-0.39, 0.29) is 0 Å². The molecule has 0 spiro atoms. The summed E-state index contributed by atoms with van der Waals surface area (Å²) >= 11 is 3.53. The van der Waals surface area contributed by atoms with Crippen LogP contribution in [0.5, 0.6) is 0 Å². The van der Waals surface area contributed by atoms with Crippen molar-refractivity contribution >= 4 is 15.9 Å². The molecular formula is C8H15BrO. The molecule has 1 heterocycles. The molecule has 1 aliphatic rings. The van der Waals surface area contributed by atoms with Crippen molar-refractivity contribution in [1.82, 2.24) is 0 Å². The Morgan fingerprint density at radius 3 is 2.70 bits per heavy atom. The normalized spacial score (nSPS) is 32.1. The van der Waals surface area contributed by atoms with E-state index in [4.69, 9.17) is 4.74 Å². The van der Waals surface area contributed by atoms with Crippen molar-refractivity contribution in [3.63, 3.8) is 0 Å². The van der Waals surface area contributed by atoms with Crippen LogP contribution in [0, 0.1) is 11.3 Å². The van der Waals surface area contributed by atoms with Crippen molar-refractivity contribution in [1.29, 1.82) is 0 Å². The first kappa shape index (κ1) is 8.54. The van der Waals surface area contributed by atoms with Crippen LogP contribution in [0.25, 0.3) is 0 Å². The molecule has 2 heteroatoms. The molecule has 0 bridgehead atoms. The largest absolute Gasteiger partial charge is 0.381 e. The molecule has 0 radical (unpaired) electrons. The quantitative estimate of drug-likeness (QED) is 0.600. The molecule has 0 amide bonds. The minimum absolute atomic E-state index is 0.377. The number of alkyl halides is 1. The highest BCUT2D eigenvalue weighted by Gasteiger charge is 2.31. The molecule has 1 saturated heterocycles. The summed E-state index contributed by atoms with van der Waals surface area (Å²) in [5.74, 6) is 0.793. The first-order valence-electron chi connectivity index (χ1n) is 3.80. The summed E-state index contributed by atoms with van der Waals surface area (Å²) in [6, 6.07) is 0. The maximum absolute atomic E-state index is 5.40. The summed E-state index contributed by atoms with van der Waals surface area (Å²) in [5.41, 5.74) is 0.377. The van der Waals surface area contributed by atoms with E-state index in [0.29, 0.717) is 5.41 Å². The maximum Gasteiger partial charge on any atom is 0.0520 e. The fourth-order valence-corrected chi connectivity index (χ4v) is 2.56. The second-order valence-electron chi connectivity index (χ2n) is 3.68. The van der Waals surface area contributed by atoms with Crippen LogP contribution >= 0.6 is 15.9 Å². The zero-order valence-corrected chi connectivity index (χ0v) is 8.28. The average Bonchev–Trinajstić information content (AvgIpc) is 1.87. The van der Waals surface area contributed by atoms with Gasteiger partial charge in [-0.2, -0.15) is 0 Å². The van der Waals surface area contributed by atoms with Gasteiger partial charge in [0.2, 0.25) is 0 Å². The number of hydrogen-bond acceptors (Lipinski definition) is 1. The Bertz CT molecular complexity index is 112. The van der Waals surface area contributed by atoms with E-state index in [1.807, 2.05) is 0 Å². The first-order valence-corrected chi connectivity index (χ1v) is 4.92. The van der Waals surface area contributed by atoms with Crippen LogP contribution < -0.4 is 0 Å². The van der Waals surface area contributed by atoms with Gasteiger partial charge < -0.3 is 4.74 Å². The van der Waals surface area contributed by atoms with Gasteiger partial charge in [0.25, 0.3) is 0 Å². The van der Waals surface area contributed by atoms with E-state index in [1.54, 1.807) is 0 Å². The van der Waals surface area contributed by atoms with Crippen LogP contribution in [0.2, 0.25) is 0 Å². The van der Waals surface area contributed by atoms with Crippen LogP contribution in [-0.2, 0) is 4.74 Å². The van der Waals surface area contributed by atoms with Gasteiger partial charge in [-0.3, -0.25) is 0 Å². The molecule has 0 N–H and O–H groups in total. The monoisotopic (exact) mass is 206 g/mol. The standard InChI is InChI=1S/C8H15BrO/c1-8(2)6-10-4-3-7(8)5-9/h7H,3-6H2,1-2H3. The predicted octanol–water partition coefficient (Wildman–Crippen LogP) is 2.44. The average molecular weight is 207 g/mol. The van der Waals surface area contributed by atoms with Crippen LogP contribution in [-0.4, -0.2) is 18.5 Å². The molecule has 0 aliphatic carbocycles. The van der Waals surface area contributed by atoms with E-state index >= 15 is 0 Å². The first-order chi connectivity index (χ1) is 4.67. The molecule has 1 atom stereocenters. The molecule has 0 saturated carbocycles. The van der Waals surface area contributed by atoms with Gasteiger partial charge in [0.15, 0.2) is 0 Å². The molecule has 1 fully saturated rings. The third kappa shape index (κ3) is 1.73. The zero-order valence-electron chi connectivity index (χ0n) is 6.69. The minimum atomic E-state index is 0.377. The lowest BCUT2D eigenvalue weighted by Crippen LogP contribution is -2.35. The summed E-state index contributed by atoms with van der Waals surface area (Å²) in [5, 5.41) is 1.11. The van der Waals surface area contributed by atoms with Gasteiger partial charge in [-0.05, 0) is 17.8 Å². The van der Waals surface area contributed by atoms with Crippen molar-refractivity contribution in [2.24, 2.45) is 11.3 Å². The van der Waals surface area contributed by atoms with E-state index in [0.717, 1.165) is 24.5 Å². The molecule has 1 aliphatic heterocycles. The minimum Gasteiger partial charge on any atom is -0.381 e. The maximum atomic E-state index is 5.40. The van der Waals surface area contributed by atoms with Crippen LogP contribution in [0.15, 0.2) is 0 Å². The van der Waals surface area contributed by atoms with Gasteiger partial charge in [0.05, 0.1) is 6.61 Å². The van der Waals surface area contributed by atoms with E-state index < -0.39 is 0 Å². The zero-order chi connectivity index (χ0) is 7.61. The van der Waals surface area contributed by atoms with Gasteiger partial charge in [-0.1, -0.05) is 29.8 Å². The Kier molecular flexibility index (Phi) is 2.75. The van der Waals surface area contributed by atoms with Crippen molar-refractivity contribution in [2.75, 3.05) is 18.5 Å². The summed E-state index contributed by atoms with van der Waals surface area (Å²) in [6.07, 6.45) is 1.21.